The van der Waals surface area contributed by atoms with Crippen molar-refractivity contribution in [3.63, 3.8) is 0 Å². The van der Waals surface area contributed by atoms with Crippen molar-refractivity contribution in [2.75, 3.05) is 7.11 Å². The van der Waals surface area contributed by atoms with Crippen LogP contribution in [0.25, 0.3) is 0 Å². The van der Waals surface area contributed by atoms with Crippen LogP contribution >= 0.6 is 0 Å². The predicted molar refractivity (Wildman–Crippen MR) is 58.3 cm³/mol. The highest BCUT2D eigenvalue weighted by Gasteiger charge is 2.33. The summed E-state index contributed by atoms with van der Waals surface area (Å²) in [5.74, 6) is 0.377. The molecule has 0 aliphatic heterocycles. The van der Waals surface area contributed by atoms with Gasteiger partial charge in [-0.15, -0.1) is 0 Å². The second kappa shape index (κ2) is 4.28. The third-order valence-corrected chi connectivity index (χ3v) is 3.46. The zero-order valence-corrected chi connectivity index (χ0v) is 9.78. The van der Waals surface area contributed by atoms with Gasteiger partial charge in [-0.3, -0.25) is 0 Å². The van der Waals surface area contributed by atoms with Crippen LogP contribution in [0.3, 0.4) is 0 Å². The highest BCUT2D eigenvalue weighted by atomic mass is 16.5. The fraction of sp³-hybridized carbons (Fsp3) is 0.667. The van der Waals surface area contributed by atoms with Crippen molar-refractivity contribution < 1.29 is 14.1 Å². The number of carbonyl (C=O) groups is 1. The quantitative estimate of drug-likeness (QED) is 0.723. The van der Waals surface area contributed by atoms with Crippen LogP contribution in [0, 0.1) is 0 Å². The minimum atomic E-state index is -0.436. The van der Waals surface area contributed by atoms with Crippen LogP contribution in [0.5, 0.6) is 0 Å². The van der Waals surface area contributed by atoms with Gasteiger partial charge in [0.1, 0.15) is 5.76 Å². The SMILES string of the molecule is COC(=O)c1cc(C2(C)CCCCC2)on1. The summed E-state index contributed by atoms with van der Waals surface area (Å²) in [6.45, 7) is 2.17. The van der Waals surface area contributed by atoms with Crippen LogP contribution in [-0.4, -0.2) is 18.2 Å². The summed E-state index contributed by atoms with van der Waals surface area (Å²) in [5.41, 5.74) is 0.307. The van der Waals surface area contributed by atoms with E-state index in [0.717, 1.165) is 18.6 Å². The number of hydrogen-bond donors (Lipinski definition) is 0. The molecular weight excluding hydrogens is 206 g/mol. The molecule has 2 rings (SSSR count). The molecule has 1 saturated carbocycles. The van der Waals surface area contributed by atoms with Gasteiger partial charge < -0.3 is 9.26 Å². The molecule has 4 heteroatoms. The summed E-state index contributed by atoms with van der Waals surface area (Å²) >= 11 is 0. The van der Waals surface area contributed by atoms with Crippen molar-refractivity contribution in [1.29, 1.82) is 0 Å². The molecule has 0 bridgehead atoms. The summed E-state index contributed by atoms with van der Waals surface area (Å²) < 4.78 is 9.89. The summed E-state index contributed by atoms with van der Waals surface area (Å²) in [5, 5.41) is 3.76. The normalized spacial score (nSPS) is 19.4. The first kappa shape index (κ1) is 11.2. The second-order valence-electron chi connectivity index (χ2n) is 4.69. The minimum absolute atomic E-state index is 0.0392. The maximum Gasteiger partial charge on any atom is 0.360 e. The van der Waals surface area contributed by atoms with E-state index in [1.54, 1.807) is 6.07 Å². The van der Waals surface area contributed by atoms with Gasteiger partial charge in [-0.25, -0.2) is 4.79 Å². The van der Waals surface area contributed by atoms with Crippen molar-refractivity contribution in [1.82, 2.24) is 5.16 Å². The highest BCUT2D eigenvalue weighted by Crippen LogP contribution is 2.39. The standard InChI is InChI=1S/C12H17NO3/c1-12(6-4-3-5-7-12)10-8-9(13-16-10)11(14)15-2/h8H,3-7H2,1-2H3. The number of aromatic nitrogens is 1. The van der Waals surface area contributed by atoms with Crippen LogP contribution in [-0.2, 0) is 10.2 Å². The van der Waals surface area contributed by atoms with E-state index in [4.69, 9.17) is 4.52 Å². The van der Waals surface area contributed by atoms with E-state index < -0.39 is 5.97 Å². The molecule has 4 nitrogen and oxygen atoms in total. The van der Waals surface area contributed by atoms with E-state index in [2.05, 4.69) is 16.8 Å². The van der Waals surface area contributed by atoms with Crippen LogP contribution in [0.15, 0.2) is 10.6 Å². The van der Waals surface area contributed by atoms with Gasteiger partial charge in [0.05, 0.1) is 7.11 Å². The smallest absolute Gasteiger partial charge is 0.360 e. The van der Waals surface area contributed by atoms with Crippen molar-refractivity contribution in [3.05, 3.63) is 17.5 Å². The Kier molecular flexibility index (Phi) is 2.99. The summed E-state index contributed by atoms with van der Waals surface area (Å²) in [4.78, 5) is 11.3. The van der Waals surface area contributed by atoms with E-state index >= 15 is 0 Å². The topological polar surface area (TPSA) is 52.3 Å². The molecule has 1 aliphatic rings. The molecule has 0 atom stereocenters. The molecule has 0 spiro atoms. The Morgan fingerprint density at radius 2 is 2.12 bits per heavy atom. The van der Waals surface area contributed by atoms with Crippen LogP contribution in [0.1, 0.15) is 55.3 Å². The van der Waals surface area contributed by atoms with E-state index in [0.29, 0.717) is 0 Å². The largest absolute Gasteiger partial charge is 0.464 e. The Morgan fingerprint density at radius 1 is 1.44 bits per heavy atom. The van der Waals surface area contributed by atoms with Crippen LogP contribution in [0.2, 0.25) is 0 Å². The second-order valence-corrected chi connectivity index (χ2v) is 4.69. The molecule has 1 aliphatic carbocycles. The van der Waals surface area contributed by atoms with E-state index in [9.17, 15) is 4.79 Å². The average molecular weight is 223 g/mol. The molecule has 16 heavy (non-hydrogen) atoms. The molecule has 0 radical (unpaired) electrons. The molecule has 1 fully saturated rings. The number of rotatable bonds is 2. The molecule has 0 N–H and O–H groups in total. The Labute approximate surface area is 95.0 Å². The first-order valence-electron chi connectivity index (χ1n) is 5.71. The van der Waals surface area contributed by atoms with Crippen molar-refractivity contribution in [2.24, 2.45) is 0 Å². The molecule has 0 unspecified atom stereocenters. The van der Waals surface area contributed by atoms with Crippen LogP contribution in [0.4, 0.5) is 0 Å². The Hall–Kier alpha value is -1.32. The van der Waals surface area contributed by atoms with Gasteiger partial charge in [-0.05, 0) is 12.8 Å². The van der Waals surface area contributed by atoms with Crippen LogP contribution < -0.4 is 0 Å². The molecule has 1 heterocycles. The highest BCUT2D eigenvalue weighted by molar-refractivity contribution is 5.87. The van der Waals surface area contributed by atoms with Gasteiger partial charge in [0.25, 0.3) is 0 Å². The molecule has 1 aromatic heterocycles. The van der Waals surface area contributed by atoms with Crippen molar-refractivity contribution >= 4 is 5.97 Å². The molecule has 0 amide bonds. The Balaban J connectivity index is 2.20. The van der Waals surface area contributed by atoms with Gasteiger partial charge in [-0.2, -0.15) is 0 Å². The fourth-order valence-electron chi connectivity index (χ4n) is 2.34. The Morgan fingerprint density at radius 3 is 2.75 bits per heavy atom. The predicted octanol–water partition coefficient (Wildman–Crippen LogP) is 2.68. The van der Waals surface area contributed by atoms with Gasteiger partial charge in [-0.1, -0.05) is 31.3 Å². The van der Waals surface area contributed by atoms with Gasteiger partial charge >= 0.3 is 5.97 Å². The number of ether oxygens (including phenoxy) is 1. The minimum Gasteiger partial charge on any atom is -0.464 e. The van der Waals surface area contributed by atoms with Gasteiger partial charge in [0.2, 0.25) is 0 Å². The molecule has 88 valence electrons. The lowest BCUT2D eigenvalue weighted by atomic mass is 9.74. The maximum absolute atomic E-state index is 11.3. The number of esters is 1. The first-order chi connectivity index (χ1) is 7.65. The number of carbonyl (C=O) groups excluding carboxylic acids is 1. The zero-order valence-electron chi connectivity index (χ0n) is 9.78. The molecule has 1 aromatic rings. The third kappa shape index (κ3) is 1.96. The molecule has 0 saturated heterocycles. The summed E-state index contributed by atoms with van der Waals surface area (Å²) in [7, 11) is 1.35. The lowest BCUT2D eigenvalue weighted by Gasteiger charge is -2.30. The van der Waals surface area contributed by atoms with Crippen molar-refractivity contribution in [3.8, 4) is 0 Å². The van der Waals surface area contributed by atoms with E-state index in [-0.39, 0.29) is 11.1 Å². The number of nitrogens with zero attached hydrogens (tertiary/aromatic N) is 1. The van der Waals surface area contributed by atoms with Crippen molar-refractivity contribution in [2.45, 2.75) is 44.4 Å². The zero-order chi connectivity index (χ0) is 11.6. The fourth-order valence-corrected chi connectivity index (χ4v) is 2.34. The molecule has 0 aromatic carbocycles. The van der Waals surface area contributed by atoms with E-state index in [1.165, 1.54) is 26.4 Å². The number of methoxy groups -OCH3 is 1. The lowest BCUT2D eigenvalue weighted by Crippen LogP contribution is -2.24. The van der Waals surface area contributed by atoms with Gasteiger partial charge in [0.15, 0.2) is 5.69 Å². The average Bonchev–Trinajstić information content (AvgIpc) is 2.79. The molecular formula is C12H17NO3. The lowest BCUT2D eigenvalue weighted by molar-refractivity contribution is 0.0589. The van der Waals surface area contributed by atoms with E-state index in [1.807, 2.05) is 0 Å². The first-order valence-corrected chi connectivity index (χ1v) is 5.71. The van der Waals surface area contributed by atoms with Gasteiger partial charge in [0, 0.05) is 11.5 Å². The summed E-state index contributed by atoms with van der Waals surface area (Å²) in [6.07, 6.45) is 5.91. The summed E-state index contributed by atoms with van der Waals surface area (Å²) in [6, 6.07) is 1.72. The Bertz CT molecular complexity index is 377. The monoisotopic (exact) mass is 223 g/mol. The maximum atomic E-state index is 11.3. The number of hydrogen-bond acceptors (Lipinski definition) is 4. The third-order valence-electron chi connectivity index (χ3n) is 3.46.